The fraction of sp³-hybridized carbons (Fsp3) is 0.200. The van der Waals surface area contributed by atoms with E-state index in [0.29, 0.717) is 17.3 Å². The van der Waals surface area contributed by atoms with Crippen molar-refractivity contribution in [3.8, 4) is 23.0 Å². The lowest BCUT2D eigenvalue weighted by Gasteiger charge is -2.14. The molecular weight excluding hydrogens is 296 g/mol. The zero-order valence-corrected chi connectivity index (χ0v) is 12.6. The predicted molar refractivity (Wildman–Crippen MR) is 82.9 cm³/mol. The Bertz CT molecular complexity index is 1010. The quantitative estimate of drug-likeness (QED) is 0.625. The van der Waals surface area contributed by atoms with Crippen LogP contribution in [0, 0.1) is 0 Å². The van der Waals surface area contributed by atoms with Crippen LogP contribution in [0.3, 0.4) is 0 Å². The van der Waals surface area contributed by atoms with E-state index in [-0.39, 0.29) is 17.2 Å². The Morgan fingerprint density at radius 1 is 1.30 bits per heavy atom. The van der Waals surface area contributed by atoms with E-state index in [4.69, 9.17) is 4.42 Å². The van der Waals surface area contributed by atoms with E-state index < -0.39 is 0 Å². The monoisotopic (exact) mass is 310 g/mol. The number of aromatic amines is 1. The van der Waals surface area contributed by atoms with Crippen molar-refractivity contribution in [1.29, 1.82) is 0 Å². The highest BCUT2D eigenvalue weighted by Crippen LogP contribution is 2.22. The number of hydrogen-bond acceptors (Lipinski definition) is 5. The van der Waals surface area contributed by atoms with Crippen molar-refractivity contribution in [2.75, 3.05) is 0 Å². The average Bonchev–Trinajstić information content (AvgIpc) is 3.27. The molecule has 0 spiro atoms. The van der Waals surface area contributed by atoms with E-state index in [1.54, 1.807) is 41.7 Å². The number of hydrogen-bond donors (Lipinski definition) is 1. The Kier molecular flexibility index (Phi) is 2.90. The molecule has 0 fully saturated rings. The van der Waals surface area contributed by atoms with Crippen LogP contribution in [0.4, 0.5) is 0 Å². The molecule has 8 nitrogen and oxygen atoms in total. The molecule has 23 heavy (non-hydrogen) atoms. The van der Waals surface area contributed by atoms with Crippen molar-refractivity contribution in [1.82, 2.24) is 29.1 Å². The zero-order valence-electron chi connectivity index (χ0n) is 12.6. The van der Waals surface area contributed by atoms with Gasteiger partial charge < -0.3 is 9.40 Å². The van der Waals surface area contributed by atoms with Crippen LogP contribution < -0.4 is 5.56 Å². The minimum atomic E-state index is -0.216. The van der Waals surface area contributed by atoms with E-state index in [2.05, 4.69) is 20.1 Å². The molecule has 4 rings (SSSR count). The number of H-pyrrole nitrogens is 1. The van der Waals surface area contributed by atoms with Gasteiger partial charge in [0.1, 0.15) is 5.69 Å². The molecule has 0 bridgehead atoms. The van der Waals surface area contributed by atoms with Crippen LogP contribution in [0.5, 0.6) is 0 Å². The van der Waals surface area contributed by atoms with Crippen molar-refractivity contribution < 1.29 is 4.42 Å². The Morgan fingerprint density at radius 3 is 2.83 bits per heavy atom. The summed E-state index contributed by atoms with van der Waals surface area (Å²) in [6, 6.07) is 3.46. The van der Waals surface area contributed by atoms with Gasteiger partial charge in [-0.15, -0.1) is 5.10 Å². The molecule has 0 radical (unpaired) electrons. The second-order valence-electron chi connectivity index (χ2n) is 5.41. The first-order chi connectivity index (χ1) is 11.2. The summed E-state index contributed by atoms with van der Waals surface area (Å²) in [5.74, 6) is 0.989. The van der Waals surface area contributed by atoms with E-state index in [9.17, 15) is 4.79 Å². The summed E-state index contributed by atoms with van der Waals surface area (Å²) in [7, 11) is 0. The lowest BCUT2D eigenvalue weighted by Crippen LogP contribution is -2.27. The maximum atomic E-state index is 12.8. The highest BCUT2D eigenvalue weighted by Gasteiger charge is 2.20. The van der Waals surface area contributed by atoms with Gasteiger partial charge in [-0.05, 0) is 26.0 Å². The Balaban J connectivity index is 2.09. The van der Waals surface area contributed by atoms with Gasteiger partial charge in [0, 0.05) is 6.04 Å². The first kappa shape index (κ1) is 13.5. The molecule has 4 aromatic heterocycles. The lowest BCUT2D eigenvalue weighted by atomic mass is 10.3. The van der Waals surface area contributed by atoms with Gasteiger partial charge in [-0.2, -0.15) is 0 Å². The molecule has 0 saturated heterocycles. The van der Waals surface area contributed by atoms with Gasteiger partial charge in [-0.25, -0.2) is 14.5 Å². The first-order valence-corrected chi connectivity index (χ1v) is 7.19. The fourth-order valence-electron chi connectivity index (χ4n) is 2.57. The van der Waals surface area contributed by atoms with Crippen molar-refractivity contribution in [2.24, 2.45) is 0 Å². The summed E-state index contributed by atoms with van der Waals surface area (Å²) in [5.41, 5.74) is 1.45. The van der Waals surface area contributed by atoms with E-state index in [1.165, 1.54) is 4.52 Å². The third-order valence-electron chi connectivity index (χ3n) is 3.60. The lowest BCUT2D eigenvalue weighted by molar-refractivity contribution is 0.528. The van der Waals surface area contributed by atoms with Gasteiger partial charge in [-0.3, -0.25) is 9.36 Å². The van der Waals surface area contributed by atoms with Gasteiger partial charge in [0.05, 0.1) is 30.7 Å². The van der Waals surface area contributed by atoms with Crippen LogP contribution in [0.1, 0.15) is 19.9 Å². The largest absolute Gasteiger partial charge is 0.461 e. The Hall–Kier alpha value is -3.16. The average molecular weight is 310 g/mol. The minimum absolute atomic E-state index is 0.0765. The van der Waals surface area contributed by atoms with Crippen LogP contribution in [0.2, 0.25) is 0 Å². The molecule has 116 valence electrons. The van der Waals surface area contributed by atoms with Gasteiger partial charge in [0.25, 0.3) is 5.56 Å². The fourth-order valence-corrected chi connectivity index (χ4v) is 2.57. The van der Waals surface area contributed by atoms with Crippen molar-refractivity contribution in [3.05, 3.63) is 47.5 Å². The summed E-state index contributed by atoms with van der Waals surface area (Å²) >= 11 is 0. The second kappa shape index (κ2) is 4.94. The number of nitrogens with zero attached hydrogens (tertiary/aromatic N) is 5. The predicted octanol–water partition coefficient (Wildman–Crippen LogP) is 2.12. The SMILES string of the molecule is CC(C)n1c(-c2ccco2)nn2c(-c3cnc[nH]3)cnc2c1=O. The van der Waals surface area contributed by atoms with Crippen LogP contribution in [0.15, 0.2) is 46.3 Å². The van der Waals surface area contributed by atoms with Gasteiger partial charge >= 0.3 is 0 Å². The van der Waals surface area contributed by atoms with Crippen molar-refractivity contribution in [3.63, 3.8) is 0 Å². The number of fused-ring (bicyclic) bond motifs is 1. The number of furan rings is 1. The van der Waals surface area contributed by atoms with Crippen LogP contribution >= 0.6 is 0 Å². The Morgan fingerprint density at radius 2 is 2.17 bits per heavy atom. The molecule has 0 unspecified atom stereocenters. The summed E-state index contributed by atoms with van der Waals surface area (Å²) < 4.78 is 8.55. The standard InChI is InChI=1S/C15H14N6O2/c1-9(2)20-13(12-4-3-5-23-12)19-21-11(10-6-16-8-18-10)7-17-14(21)15(20)22/h3-9H,1-2H3,(H,16,18). The number of aromatic nitrogens is 6. The smallest absolute Gasteiger partial charge is 0.297 e. The van der Waals surface area contributed by atoms with E-state index in [1.807, 2.05) is 13.8 Å². The van der Waals surface area contributed by atoms with E-state index >= 15 is 0 Å². The van der Waals surface area contributed by atoms with Crippen LogP contribution in [-0.4, -0.2) is 29.1 Å². The van der Waals surface area contributed by atoms with Gasteiger partial charge in [0.2, 0.25) is 5.65 Å². The molecule has 0 saturated carbocycles. The number of rotatable bonds is 3. The first-order valence-electron chi connectivity index (χ1n) is 7.19. The van der Waals surface area contributed by atoms with Crippen LogP contribution in [0.25, 0.3) is 28.6 Å². The minimum Gasteiger partial charge on any atom is -0.461 e. The van der Waals surface area contributed by atoms with Crippen molar-refractivity contribution in [2.45, 2.75) is 19.9 Å². The van der Waals surface area contributed by atoms with Crippen molar-refractivity contribution >= 4 is 5.65 Å². The maximum absolute atomic E-state index is 12.8. The molecule has 4 aromatic rings. The normalized spacial score (nSPS) is 11.6. The third-order valence-corrected chi connectivity index (χ3v) is 3.60. The zero-order chi connectivity index (χ0) is 16.0. The topological polar surface area (TPSA) is 94.0 Å². The summed E-state index contributed by atoms with van der Waals surface area (Å²) in [6.45, 7) is 3.84. The van der Waals surface area contributed by atoms with E-state index in [0.717, 1.165) is 5.69 Å². The maximum Gasteiger partial charge on any atom is 0.297 e. The van der Waals surface area contributed by atoms with Gasteiger partial charge in [-0.1, -0.05) is 0 Å². The molecule has 0 aliphatic carbocycles. The highest BCUT2D eigenvalue weighted by molar-refractivity contribution is 5.59. The number of imidazole rings is 2. The Labute approximate surface area is 130 Å². The molecule has 0 aliphatic heterocycles. The molecule has 0 aromatic carbocycles. The third kappa shape index (κ3) is 1.99. The molecule has 8 heteroatoms. The molecule has 4 heterocycles. The summed E-state index contributed by atoms with van der Waals surface area (Å²) in [4.78, 5) is 24.1. The summed E-state index contributed by atoms with van der Waals surface area (Å²) in [6.07, 6.45) is 6.39. The molecule has 1 N–H and O–H groups in total. The molecule has 0 aliphatic rings. The molecular formula is C15H14N6O2. The summed E-state index contributed by atoms with van der Waals surface area (Å²) in [5, 5.41) is 4.59. The highest BCUT2D eigenvalue weighted by atomic mass is 16.3. The molecule has 0 atom stereocenters. The molecule has 0 amide bonds. The van der Waals surface area contributed by atoms with Crippen LogP contribution in [-0.2, 0) is 0 Å². The second-order valence-corrected chi connectivity index (χ2v) is 5.41. The number of nitrogens with one attached hydrogen (secondary N) is 1. The van der Waals surface area contributed by atoms with Gasteiger partial charge in [0.15, 0.2) is 11.6 Å².